The summed E-state index contributed by atoms with van der Waals surface area (Å²) in [4.78, 5) is 36.6. The summed E-state index contributed by atoms with van der Waals surface area (Å²) in [5.41, 5.74) is 2.09. The lowest BCUT2D eigenvalue weighted by atomic mass is 10.0. The van der Waals surface area contributed by atoms with Gasteiger partial charge in [-0.25, -0.2) is 4.79 Å². The number of aromatic hydroxyl groups is 1. The second kappa shape index (κ2) is 7.64. The van der Waals surface area contributed by atoms with E-state index in [9.17, 15) is 24.6 Å². The molecular formula is C23H18NO7-. The molecule has 158 valence electrons. The Morgan fingerprint density at radius 3 is 2.48 bits per heavy atom. The van der Waals surface area contributed by atoms with Gasteiger partial charge >= 0.3 is 5.63 Å². The summed E-state index contributed by atoms with van der Waals surface area (Å²) in [6.07, 6.45) is 1.24. The zero-order chi connectivity index (χ0) is 22.3. The van der Waals surface area contributed by atoms with E-state index in [2.05, 4.69) is 5.32 Å². The van der Waals surface area contributed by atoms with Gasteiger partial charge in [0.2, 0.25) is 5.91 Å². The lowest BCUT2D eigenvalue weighted by Crippen LogP contribution is -2.42. The molecule has 1 atom stereocenters. The molecule has 0 saturated carbocycles. The summed E-state index contributed by atoms with van der Waals surface area (Å²) in [5, 5.41) is 24.8. The first-order valence-corrected chi connectivity index (χ1v) is 9.48. The maximum atomic E-state index is 12.6. The number of nitrogens with one attached hydrogen (secondary N) is 1. The fourth-order valence-corrected chi connectivity index (χ4v) is 3.56. The average molecular weight is 420 g/mol. The zero-order valence-corrected chi connectivity index (χ0v) is 16.7. The number of rotatable bonds is 5. The summed E-state index contributed by atoms with van der Waals surface area (Å²) >= 11 is 0. The average Bonchev–Trinajstić information content (AvgIpc) is 3.08. The van der Waals surface area contributed by atoms with E-state index >= 15 is 0 Å². The minimum Gasteiger partial charge on any atom is -0.548 e. The monoisotopic (exact) mass is 420 g/mol. The Hall–Kier alpha value is -4.07. The molecule has 0 aliphatic heterocycles. The highest BCUT2D eigenvalue weighted by Gasteiger charge is 2.20. The number of carbonyl (C=O) groups excluding carboxylic acids is 2. The number of carbonyl (C=O) groups is 2. The van der Waals surface area contributed by atoms with Crippen LogP contribution >= 0.6 is 0 Å². The molecule has 8 nitrogen and oxygen atoms in total. The summed E-state index contributed by atoms with van der Waals surface area (Å²) in [5.74, 6) is -2.24. The van der Waals surface area contributed by atoms with Crippen LogP contribution in [-0.2, 0) is 16.0 Å². The fourth-order valence-electron chi connectivity index (χ4n) is 3.56. The number of phenols is 1. The van der Waals surface area contributed by atoms with Gasteiger partial charge in [0.15, 0.2) is 0 Å². The molecule has 0 aliphatic carbocycles. The molecule has 1 amide bonds. The number of aryl methyl sites for hydroxylation is 2. The minimum absolute atomic E-state index is 0.0430. The van der Waals surface area contributed by atoms with Crippen LogP contribution in [0.3, 0.4) is 0 Å². The lowest BCUT2D eigenvalue weighted by Gasteiger charge is -2.20. The van der Waals surface area contributed by atoms with E-state index in [0.717, 1.165) is 10.9 Å². The van der Waals surface area contributed by atoms with Crippen LogP contribution in [-0.4, -0.2) is 17.0 Å². The molecule has 0 unspecified atom stereocenters. The molecule has 2 heterocycles. The molecule has 0 fully saturated rings. The molecule has 2 N–H and O–H groups in total. The maximum absolute atomic E-state index is 12.6. The van der Waals surface area contributed by atoms with E-state index in [1.807, 2.05) is 13.0 Å². The van der Waals surface area contributed by atoms with Gasteiger partial charge in [-0.15, -0.1) is 0 Å². The van der Waals surface area contributed by atoms with Crippen molar-refractivity contribution in [2.75, 3.05) is 0 Å². The number of aliphatic carboxylic acids is 1. The molecule has 8 heteroatoms. The standard InChI is InChI=1S/C23H19NO7/c1-11-10-30-18-9-19-16(7-15(11)18)12(2)17(23(29)31-19)8-20(26)24-21(22(27)28)13-3-5-14(25)6-4-13/h3-7,9-10,21,25H,8H2,1-2H3,(H,24,26)(H,27,28)/p-1/t21-/m0/s1. The highest BCUT2D eigenvalue weighted by Crippen LogP contribution is 2.29. The summed E-state index contributed by atoms with van der Waals surface area (Å²) in [6.45, 7) is 3.60. The van der Waals surface area contributed by atoms with Gasteiger partial charge in [-0.1, -0.05) is 12.1 Å². The third-order valence-electron chi connectivity index (χ3n) is 5.28. The summed E-state index contributed by atoms with van der Waals surface area (Å²) in [7, 11) is 0. The van der Waals surface area contributed by atoms with Crippen molar-refractivity contribution in [2.24, 2.45) is 0 Å². The highest BCUT2D eigenvalue weighted by molar-refractivity contribution is 5.96. The third-order valence-corrected chi connectivity index (χ3v) is 5.28. The Bertz CT molecular complexity index is 1380. The van der Waals surface area contributed by atoms with Crippen molar-refractivity contribution in [3.63, 3.8) is 0 Å². The van der Waals surface area contributed by atoms with Gasteiger partial charge in [0, 0.05) is 16.8 Å². The Labute approximate surface area is 175 Å². The molecule has 4 aromatic rings. The molecule has 31 heavy (non-hydrogen) atoms. The first kappa shape index (κ1) is 20.2. The van der Waals surface area contributed by atoms with Crippen LogP contribution in [0, 0.1) is 13.8 Å². The van der Waals surface area contributed by atoms with Gasteiger partial charge in [0.25, 0.3) is 0 Å². The van der Waals surface area contributed by atoms with Crippen molar-refractivity contribution in [3.8, 4) is 5.75 Å². The Morgan fingerprint density at radius 2 is 1.81 bits per heavy atom. The predicted molar refractivity (Wildman–Crippen MR) is 109 cm³/mol. The number of carboxylic acids is 1. The second-order valence-electron chi connectivity index (χ2n) is 7.34. The van der Waals surface area contributed by atoms with Crippen molar-refractivity contribution >= 4 is 33.8 Å². The van der Waals surface area contributed by atoms with Crippen LogP contribution in [0.1, 0.15) is 28.3 Å². The molecule has 0 bridgehead atoms. The largest absolute Gasteiger partial charge is 0.548 e. The van der Waals surface area contributed by atoms with Crippen molar-refractivity contribution < 1.29 is 28.6 Å². The number of phenolic OH excluding ortho intramolecular Hbond substituents is 1. The number of furan rings is 1. The lowest BCUT2D eigenvalue weighted by molar-refractivity contribution is -0.308. The highest BCUT2D eigenvalue weighted by atomic mass is 16.4. The van der Waals surface area contributed by atoms with Crippen LogP contribution < -0.4 is 16.0 Å². The molecule has 0 radical (unpaired) electrons. The molecule has 0 spiro atoms. The van der Waals surface area contributed by atoms with Crippen LogP contribution in [0.4, 0.5) is 0 Å². The van der Waals surface area contributed by atoms with Gasteiger partial charge in [0.05, 0.1) is 30.3 Å². The second-order valence-corrected chi connectivity index (χ2v) is 7.34. The maximum Gasteiger partial charge on any atom is 0.340 e. The van der Waals surface area contributed by atoms with Crippen LogP contribution in [0.15, 0.2) is 56.3 Å². The first-order valence-electron chi connectivity index (χ1n) is 9.48. The third kappa shape index (κ3) is 3.75. The van der Waals surface area contributed by atoms with E-state index in [4.69, 9.17) is 8.83 Å². The van der Waals surface area contributed by atoms with E-state index < -0.39 is 23.5 Å². The summed E-state index contributed by atoms with van der Waals surface area (Å²) in [6, 6.07) is 7.37. The number of amides is 1. The predicted octanol–water partition coefficient (Wildman–Crippen LogP) is 2.01. The number of carboxylic acid groups (broad SMARTS) is 1. The molecule has 0 aliphatic rings. The minimum atomic E-state index is -1.51. The Balaban J connectivity index is 1.66. The first-order chi connectivity index (χ1) is 14.7. The van der Waals surface area contributed by atoms with Crippen molar-refractivity contribution in [2.45, 2.75) is 26.3 Å². The van der Waals surface area contributed by atoms with Crippen molar-refractivity contribution in [1.29, 1.82) is 0 Å². The van der Waals surface area contributed by atoms with Gasteiger partial charge in [-0.2, -0.15) is 0 Å². The van der Waals surface area contributed by atoms with Gasteiger partial charge in [-0.05, 0) is 48.7 Å². The smallest absolute Gasteiger partial charge is 0.340 e. The molecular weight excluding hydrogens is 402 g/mol. The Morgan fingerprint density at radius 1 is 1.10 bits per heavy atom. The topological polar surface area (TPSA) is 133 Å². The molecule has 4 rings (SSSR count). The van der Waals surface area contributed by atoms with Crippen LogP contribution in [0.25, 0.3) is 21.9 Å². The van der Waals surface area contributed by atoms with Crippen molar-refractivity contribution in [3.05, 3.63) is 75.3 Å². The SMILES string of the molecule is Cc1coc2cc3oc(=O)c(CC(=O)N[C@H](C(=O)[O-])c4ccc(O)cc4)c(C)c3cc12. The van der Waals surface area contributed by atoms with Gasteiger partial charge in [-0.3, -0.25) is 4.79 Å². The number of fused-ring (bicyclic) bond motifs is 2. The molecule has 2 aromatic heterocycles. The molecule has 2 aromatic carbocycles. The van der Waals surface area contributed by atoms with E-state index in [1.165, 1.54) is 24.3 Å². The van der Waals surface area contributed by atoms with E-state index in [0.29, 0.717) is 22.1 Å². The van der Waals surface area contributed by atoms with Gasteiger partial charge in [0.1, 0.15) is 16.9 Å². The summed E-state index contributed by atoms with van der Waals surface area (Å²) < 4.78 is 10.8. The van der Waals surface area contributed by atoms with Crippen molar-refractivity contribution in [1.82, 2.24) is 5.32 Å². The fraction of sp³-hybridized carbons (Fsp3) is 0.174. The number of benzene rings is 2. The van der Waals surface area contributed by atoms with Gasteiger partial charge < -0.3 is 29.2 Å². The Kier molecular flexibility index (Phi) is 4.98. The van der Waals surface area contributed by atoms with E-state index in [-0.39, 0.29) is 23.3 Å². The number of hydrogen-bond acceptors (Lipinski definition) is 7. The normalized spacial score (nSPS) is 12.2. The zero-order valence-electron chi connectivity index (χ0n) is 16.7. The quantitative estimate of drug-likeness (QED) is 0.472. The van der Waals surface area contributed by atoms with E-state index in [1.54, 1.807) is 19.3 Å². The molecule has 0 saturated heterocycles. The van der Waals surface area contributed by atoms with Crippen LogP contribution in [0.5, 0.6) is 5.75 Å². The van der Waals surface area contributed by atoms with Crippen LogP contribution in [0.2, 0.25) is 0 Å². The number of hydrogen-bond donors (Lipinski definition) is 2.